The number of esters is 1. The van der Waals surface area contributed by atoms with Crippen LogP contribution in [0, 0.1) is 0 Å². The number of nitrogens with two attached hydrogens (primary N) is 1. The van der Waals surface area contributed by atoms with Crippen LogP contribution >= 0.6 is 0 Å². The first-order valence-corrected chi connectivity index (χ1v) is 7.60. The largest absolute Gasteiger partial charge is 0.463 e. The van der Waals surface area contributed by atoms with Gasteiger partial charge in [0.15, 0.2) is 6.29 Å². The number of hydrogen-bond donors (Lipinski definition) is 4. The van der Waals surface area contributed by atoms with E-state index in [2.05, 4.69) is 0 Å². The van der Waals surface area contributed by atoms with Gasteiger partial charge in [0.2, 0.25) is 0 Å². The van der Waals surface area contributed by atoms with Crippen molar-refractivity contribution in [2.24, 2.45) is 5.73 Å². The Bertz CT molecular complexity index is 328. The summed E-state index contributed by atoms with van der Waals surface area (Å²) in [5.41, 5.74) is 5.79. The van der Waals surface area contributed by atoms with Gasteiger partial charge >= 0.3 is 5.97 Å². The molecular formula is C14H27NO7. The Balaban J connectivity index is 2.38. The molecule has 1 aliphatic heterocycles. The van der Waals surface area contributed by atoms with E-state index in [1.54, 1.807) is 0 Å². The zero-order chi connectivity index (χ0) is 16.5. The van der Waals surface area contributed by atoms with Gasteiger partial charge in [-0.25, -0.2) is 0 Å². The van der Waals surface area contributed by atoms with Crippen LogP contribution in [0.25, 0.3) is 0 Å². The van der Waals surface area contributed by atoms with Crippen LogP contribution in [0.15, 0.2) is 0 Å². The number of carbonyl (C=O) groups is 1. The first-order chi connectivity index (χ1) is 10.5. The van der Waals surface area contributed by atoms with Crippen molar-refractivity contribution in [1.82, 2.24) is 0 Å². The van der Waals surface area contributed by atoms with Crippen molar-refractivity contribution in [1.29, 1.82) is 0 Å². The van der Waals surface area contributed by atoms with Crippen LogP contribution in [0.5, 0.6) is 0 Å². The third kappa shape index (κ3) is 6.15. The second-order valence-electron chi connectivity index (χ2n) is 5.41. The fourth-order valence-electron chi connectivity index (χ4n) is 2.21. The van der Waals surface area contributed by atoms with Crippen LogP contribution in [0.4, 0.5) is 0 Å². The predicted molar refractivity (Wildman–Crippen MR) is 76.8 cm³/mol. The van der Waals surface area contributed by atoms with Crippen LogP contribution in [-0.2, 0) is 19.0 Å². The molecule has 8 nitrogen and oxygen atoms in total. The van der Waals surface area contributed by atoms with Crippen molar-refractivity contribution in [3.05, 3.63) is 0 Å². The molecule has 1 saturated heterocycles. The fourth-order valence-corrected chi connectivity index (χ4v) is 2.21. The Hall–Kier alpha value is -0.770. The molecule has 1 fully saturated rings. The molecule has 0 radical (unpaired) electrons. The molecule has 1 rings (SSSR count). The zero-order valence-electron chi connectivity index (χ0n) is 12.9. The lowest BCUT2D eigenvalue weighted by atomic mass is 9.98. The monoisotopic (exact) mass is 321 g/mol. The predicted octanol–water partition coefficient (Wildman–Crippen LogP) is -1.11. The maximum Gasteiger partial charge on any atom is 0.302 e. The van der Waals surface area contributed by atoms with Gasteiger partial charge in [-0.3, -0.25) is 4.79 Å². The van der Waals surface area contributed by atoms with Crippen LogP contribution in [0.2, 0.25) is 0 Å². The maximum absolute atomic E-state index is 10.8. The average Bonchev–Trinajstić information content (AvgIpc) is 2.49. The van der Waals surface area contributed by atoms with E-state index >= 15 is 0 Å². The highest BCUT2D eigenvalue weighted by molar-refractivity contribution is 5.65. The molecule has 1 aliphatic rings. The number of aliphatic hydroxyl groups excluding tert-OH is 3. The minimum Gasteiger partial charge on any atom is -0.463 e. The van der Waals surface area contributed by atoms with E-state index in [1.165, 1.54) is 6.92 Å². The third-order valence-electron chi connectivity index (χ3n) is 3.53. The minimum atomic E-state index is -1.24. The van der Waals surface area contributed by atoms with Crippen molar-refractivity contribution in [2.75, 3.05) is 19.8 Å². The summed E-state index contributed by atoms with van der Waals surface area (Å²) in [5, 5.41) is 28.5. The second kappa shape index (κ2) is 10.1. The smallest absolute Gasteiger partial charge is 0.302 e. The average molecular weight is 321 g/mol. The molecule has 130 valence electrons. The van der Waals surface area contributed by atoms with E-state index < -0.39 is 36.6 Å². The van der Waals surface area contributed by atoms with Gasteiger partial charge in [-0.1, -0.05) is 12.8 Å². The van der Waals surface area contributed by atoms with Gasteiger partial charge in [0.1, 0.15) is 24.9 Å². The molecule has 0 aliphatic carbocycles. The van der Waals surface area contributed by atoms with Crippen LogP contribution < -0.4 is 5.73 Å². The lowest BCUT2D eigenvalue weighted by molar-refractivity contribution is -0.267. The lowest BCUT2D eigenvalue weighted by Crippen LogP contribution is -2.62. The Morgan fingerprint density at radius 1 is 1.18 bits per heavy atom. The Morgan fingerprint density at radius 3 is 2.50 bits per heavy atom. The van der Waals surface area contributed by atoms with Crippen molar-refractivity contribution in [3.8, 4) is 0 Å². The standard InChI is InChI=1S/C14H27NO7/c1-9(17)21-8-10-12(18)13(19)11(15)14(22-10)20-7-5-3-2-4-6-16/h10-14,16,18-19H,2-8,15H2,1H3/t10?,11-,12-,13?,14+/m0/s1. The number of hydrogen-bond acceptors (Lipinski definition) is 8. The van der Waals surface area contributed by atoms with E-state index in [1.807, 2.05) is 0 Å². The number of aliphatic hydroxyl groups is 3. The molecule has 5 atom stereocenters. The van der Waals surface area contributed by atoms with Crippen molar-refractivity contribution < 1.29 is 34.3 Å². The molecule has 22 heavy (non-hydrogen) atoms. The van der Waals surface area contributed by atoms with Gasteiger partial charge in [-0.05, 0) is 12.8 Å². The van der Waals surface area contributed by atoms with Gasteiger partial charge in [-0.15, -0.1) is 0 Å². The molecule has 0 aromatic carbocycles. The quantitative estimate of drug-likeness (QED) is 0.311. The summed E-state index contributed by atoms with van der Waals surface area (Å²) in [6.45, 7) is 1.65. The summed E-state index contributed by atoms with van der Waals surface area (Å²) < 4.78 is 15.8. The molecule has 1 heterocycles. The Morgan fingerprint density at radius 2 is 1.86 bits per heavy atom. The molecule has 8 heteroatoms. The molecule has 5 N–H and O–H groups in total. The van der Waals surface area contributed by atoms with Crippen molar-refractivity contribution in [2.45, 2.75) is 63.3 Å². The second-order valence-corrected chi connectivity index (χ2v) is 5.41. The minimum absolute atomic E-state index is 0.170. The van der Waals surface area contributed by atoms with Crippen LogP contribution in [0.1, 0.15) is 32.6 Å². The Labute approximate surface area is 130 Å². The normalized spacial score (nSPS) is 32.0. The van der Waals surface area contributed by atoms with Gasteiger partial charge in [0.25, 0.3) is 0 Å². The molecule has 0 saturated carbocycles. The maximum atomic E-state index is 10.8. The van der Waals surface area contributed by atoms with Gasteiger partial charge in [0.05, 0.1) is 6.04 Å². The summed E-state index contributed by atoms with van der Waals surface area (Å²) in [5.74, 6) is -0.499. The molecule has 0 amide bonds. The first kappa shape index (κ1) is 19.3. The molecule has 2 unspecified atom stereocenters. The van der Waals surface area contributed by atoms with E-state index in [0.717, 1.165) is 25.7 Å². The number of ether oxygens (including phenoxy) is 3. The summed E-state index contributed by atoms with van der Waals surface area (Å²) in [6.07, 6.45) is -0.838. The van der Waals surface area contributed by atoms with Crippen LogP contribution in [-0.4, -0.2) is 71.8 Å². The molecule has 0 spiro atoms. The SMILES string of the molecule is CC(=O)OCC1O[C@@H](OCCCCCCO)[C@@H](N)C(O)[C@H]1O. The van der Waals surface area contributed by atoms with E-state index in [4.69, 9.17) is 25.1 Å². The highest BCUT2D eigenvalue weighted by Crippen LogP contribution is 2.21. The van der Waals surface area contributed by atoms with Crippen LogP contribution in [0.3, 0.4) is 0 Å². The highest BCUT2D eigenvalue weighted by Gasteiger charge is 2.43. The fraction of sp³-hybridized carbons (Fsp3) is 0.929. The highest BCUT2D eigenvalue weighted by atomic mass is 16.7. The van der Waals surface area contributed by atoms with Crippen molar-refractivity contribution >= 4 is 5.97 Å². The van der Waals surface area contributed by atoms with Gasteiger partial charge in [-0.2, -0.15) is 0 Å². The van der Waals surface area contributed by atoms with E-state index in [-0.39, 0.29) is 13.2 Å². The van der Waals surface area contributed by atoms with Crippen molar-refractivity contribution in [3.63, 3.8) is 0 Å². The molecular weight excluding hydrogens is 294 g/mol. The lowest BCUT2D eigenvalue weighted by Gasteiger charge is -2.40. The van der Waals surface area contributed by atoms with E-state index in [0.29, 0.717) is 6.61 Å². The Kier molecular flexibility index (Phi) is 8.84. The topological polar surface area (TPSA) is 131 Å². The summed E-state index contributed by atoms with van der Waals surface area (Å²) in [7, 11) is 0. The summed E-state index contributed by atoms with van der Waals surface area (Å²) >= 11 is 0. The number of unbranched alkanes of at least 4 members (excludes halogenated alkanes) is 3. The zero-order valence-corrected chi connectivity index (χ0v) is 12.9. The third-order valence-corrected chi connectivity index (χ3v) is 3.53. The number of rotatable bonds is 9. The summed E-state index contributed by atoms with van der Waals surface area (Å²) in [4.78, 5) is 10.8. The summed E-state index contributed by atoms with van der Waals surface area (Å²) in [6, 6.07) is -0.874. The van der Waals surface area contributed by atoms with Gasteiger partial charge in [0, 0.05) is 20.1 Å². The molecule has 0 bridgehead atoms. The first-order valence-electron chi connectivity index (χ1n) is 7.60. The van der Waals surface area contributed by atoms with Gasteiger partial charge < -0.3 is 35.3 Å². The number of carbonyl (C=O) groups excluding carboxylic acids is 1. The molecule has 0 aromatic heterocycles. The van der Waals surface area contributed by atoms with E-state index in [9.17, 15) is 15.0 Å². The molecule has 0 aromatic rings.